The number of rotatable bonds is 5. The summed E-state index contributed by atoms with van der Waals surface area (Å²) in [7, 11) is 0. The molecule has 0 unspecified atom stereocenters. The maximum Gasteiger partial charge on any atom is 0.322 e. The summed E-state index contributed by atoms with van der Waals surface area (Å²) in [6, 6.07) is 0.540. The zero-order valence-electron chi connectivity index (χ0n) is 8.36. The molecule has 0 bridgehead atoms. The van der Waals surface area contributed by atoms with Crippen LogP contribution in [0.5, 0.6) is 12.0 Å². The van der Waals surface area contributed by atoms with Gasteiger partial charge in [-0.1, -0.05) is 0 Å². The van der Waals surface area contributed by atoms with E-state index in [9.17, 15) is 0 Å². The number of hydrogen-bond donors (Lipinski definition) is 1. The standard InChI is InChI=1S/C8H14N4O2/c1-3-13-7-10-6(2)11-8(12-7)14-5-4-9/h3-5,9H2,1-2H3. The van der Waals surface area contributed by atoms with Gasteiger partial charge in [0, 0.05) is 6.54 Å². The molecule has 0 aliphatic rings. The number of hydrogen-bond acceptors (Lipinski definition) is 6. The monoisotopic (exact) mass is 198 g/mol. The van der Waals surface area contributed by atoms with Crippen LogP contribution in [0, 0.1) is 6.92 Å². The van der Waals surface area contributed by atoms with Gasteiger partial charge in [0.2, 0.25) is 0 Å². The van der Waals surface area contributed by atoms with E-state index in [0.717, 1.165) is 0 Å². The van der Waals surface area contributed by atoms with Crippen LogP contribution in [0.4, 0.5) is 0 Å². The highest BCUT2D eigenvalue weighted by Crippen LogP contribution is 2.08. The minimum atomic E-state index is 0.256. The van der Waals surface area contributed by atoms with E-state index in [1.54, 1.807) is 6.92 Å². The van der Waals surface area contributed by atoms with Gasteiger partial charge in [0.1, 0.15) is 12.4 Å². The highest BCUT2D eigenvalue weighted by molar-refractivity contribution is 5.04. The van der Waals surface area contributed by atoms with E-state index in [-0.39, 0.29) is 12.0 Å². The van der Waals surface area contributed by atoms with E-state index in [1.165, 1.54) is 0 Å². The molecule has 0 aliphatic carbocycles. The molecule has 1 aromatic heterocycles. The Labute approximate surface area is 82.5 Å². The molecule has 1 rings (SSSR count). The van der Waals surface area contributed by atoms with Crippen molar-refractivity contribution in [3.05, 3.63) is 5.82 Å². The van der Waals surface area contributed by atoms with E-state index in [0.29, 0.717) is 25.6 Å². The molecule has 0 aromatic carbocycles. The third-order valence-corrected chi connectivity index (χ3v) is 1.33. The summed E-state index contributed by atoms with van der Waals surface area (Å²) in [5.41, 5.74) is 5.28. The largest absolute Gasteiger partial charge is 0.464 e. The van der Waals surface area contributed by atoms with Crippen LogP contribution in [0.15, 0.2) is 0 Å². The molecule has 1 aromatic rings. The van der Waals surface area contributed by atoms with Crippen LogP contribution in [-0.4, -0.2) is 34.7 Å². The van der Waals surface area contributed by atoms with Crippen molar-refractivity contribution in [1.29, 1.82) is 0 Å². The van der Waals surface area contributed by atoms with Crippen LogP contribution in [0.2, 0.25) is 0 Å². The molecule has 2 N–H and O–H groups in total. The Morgan fingerprint density at radius 3 is 2.36 bits per heavy atom. The number of nitrogens with zero attached hydrogens (tertiary/aromatic N) is 3. The summed E-state index contributed by atoms with van der Waals surface area (Å²) in [4.78, 5) is 11.9. The van der Waals surface area contributed by atoms with Crippen LogP contribution in [-0.2, 0) is 0 Å². The SMILES string of the molecule is CCOc1nc(C)nc(OCCN)n1. The lowest BCUT2D eigenvalue weighted by Crippen LogP contribution is -2.13. The van der Waals surface area contributed by atoms with Gasteiger partial charge >= 0.3 is 12.0 Å². The molecule has 0 saturated heterocycles. The molecule has 14 heavy (non-hydrogen) atoms. The van der Waals surface area contributed by atoms with Crippen molar-refractivity contribution in [3.8, 4) is 12.0 Å². The maximum atomic E-state index is 5.28. The lowest BCUT2D eigenvalue weighted by Gasteiger charge is -2.05. The molecule has 0 atom stereocenters. The third kappa shape index (κ3) is 3.14. The van der Waals surface area contributed by atoms with Gasteiger partial charge in [0.25, 0.3) is 0 Å². The molecule has 0 aliphatic heterocycles. The Balaban J connectivity index is 2.73. The van der Waals surface area contributed by atoms with Crippen LogP contribution in [0.1, 0.15) is 12.7 Å². The molecule has 1 heterocycles. The van der Waals surface area contributed by atoms with E-state index in [2.05, 4.69) is 15.0 Å². The first kappa shape index (κ1) is 10.6. The van der Waals surface area contributed by atoms with Crippen molar-refractivity contribution < 1.29 is 9.47 Å². The maximum absolute atomic E-state index is 5.28. The Morgan fingerprint density at radius 1 is 1.14 bits per heavy atom. The summed E-state index contributed by atoms with van der Waals surface area (Å²) in [5, 5.41) is 0. The quantitative estimate of drug-likeness (QED) is 0.712. The summed E-state index contributed by atoms with van der Waals surface area (Å²) in [5.74, 6) is 0.565. The highest BCUT2D eigenvalue weighted by Gasteiger charge is 2.04. The zero-order chi connectivity index (χ0) is 10.4. The lowest BCUT2D eigenvalue weighted by atomic mass is 10.7. The van der Waals surface area contributed by atoms with Gasteiger partial charge in [-0.15, -0.1) is 4.98 Å². The number of ether oxygens (including phenoxy) is 2. The number of aryl methyl sites for hydroxylation is 1. The Kier molecular flexibility index (Phi) is 4.06. The molecule has 78 valence electrons. The first-order valence-electron chi connectivity index (χ1n) is 4.44. The Hall–Kier alpha value is -1.43. The molecule has 0 amide bonds. The average molecular weight is 198 g/mol. The minimum absolute atomic E-state index is 0.256. The highest BCUT2D eigenvalue weighted by atomic mass is 16.5. The van der Waals surface area contributed by atoms with Gasteiger partial charge in [-0.25, -0.2) is 0 Å². The average Bonchev–Trinajstić information content (AvgIpc) is 2.14. The summed E-state index contributed by atoms with van der Waals surface area (Å²) in [6.07, 6.45) is 0. The van der Waals surface area contributed by atoms with Crippen molar-refractivity contribution >= 4 is 0 Å². The van der Waals surface area contributed by atoms with E-state index >= 15 is 0 Å². The second kappa shape index (κ2) is 5.33. The summed E-state index contributed by atoms with van der Waals surface area (Å²) < 4.78 is 10.3. The van der Waals surface area contributed by atoms with E-state index in [1.807, 2.05) is 6.92 Å². The van der Waals surface area contributed by atoms with Crippen LogP contribution in [0.25, 0.3) is 0 Å². The molecule has 0 saturated carbocycles. The molecule has 6 nitrogen and oxygen atoms in total. The molecular weight excluding hydrogens is 184 g/mol. The molecule has 0 radical (unpaired) electrons. The van der Waals surface area contributed by atoms with Crippen molar-refractivity contribution in [2.75, 3.05) is 19.8 Å². The second-order valence-corrected chi connectivity index (χ2v) is 2.52. The molecule has 6 heteroatoms. The molecule has 0 spiro atoms. The van der Waals surface area contributed by atoms with E-state index in [4.69, 9.17) is 15.2 Å². The first-order chi connectivity index (χ1) is 6.76. The fourth-order valence-electron chi connectivity index (χ4n) is 0.842. The third-order valence-electron chi connectivity index (χ3n) is 1.33. The van der Waals surface area contributed by atoms with Crippen molar-refractivity contribution in [2.45, 2.75) is 13.8 Å². The van der Waals surface area contributed by atoms with Crippen molar-refractivity contribution in [1.82, 2.24) is 15.0 Å². The Morgan fingerprint density at radius 2 is 1.79 bits per heavy atom. The number of aromatic nitrogens is 3. The Bertz CT molecular complexity index is 293. The predicted molar refractivity (Wildman–Crippen MR) is 50.3 cm³/mol. The normalized spacial score (nSPS) is 9.93. The predicted octanol–water partition coefficient (Wildman–Crippen LogP) is -0.0838. The number of nitrogens with two attached hydrogens (primary N) is 1. The second-order valence-electron chi connectivity index (χ2n) is 2.52. The van der Waals surface area contributed by atoms with Crippen molar-refractivity contribution in [3.63, 3.8) is 0 Å². The van der Waals surface area contributed by atoms with Gasteiger partial charge in [0.05, 0.1) is 6.61 Å². The van der Waals surface area contributed by atoms with Crippen molar-refractivity contribution in [2.24, 2.45) is 5.73 Å². The van der Waals surface area contributed by atoms with Crippen LogP contribution in [0.3, 0.4) is 0 Å². The molecular formula is C8H14N4O2. The smallest absolute Gasteiger partial charge is 0.322 e. The van der Waals surface area contributed by atoms with Gasteiger partial charge < -0.3 is 15.2 Å². The fourth-order valence-corrected chi connectivity index (χ4v) is 0.842. The first-order valence-corrected chi connectivity index (χ1v) is 4.44. The van der Waals surface area contributed by atoms with Gasteiger partial charge in [-0.2, -0.15) is 9.97 Å². The van der Waals surface area contributed by atoms with E-state index < -0.39 is 0 Å². The minimum Gasteiger partial charge on any atom is -0.464 e. The van der Waals surface area contributed by atoms with Gasteiger partial charge in [0.15, 0.2) is 0 Å². The van der Waals surface area contributed by atoms with Crippen LogP contribution < -0.4 is 15.2 Å². The van der Waals surface area contributed by atoms with Crippen LogP contribution >= 0.6 is 0 Å². The zero-order valence-corrected chi connectivity index (χ0v) is 8.36. The van der Waals surface area contributed by atoms with Gasteiger partial charge in [-0.3, -0.25) is 0 Å². The summed E-state index contributed by atoms with van der Waals surface area (Å²) >= 11 is 0. The van der Waals surface area contributed by atoms with Gasteiger partial charge in [-0.05, 0) is 13.8 Å². The molecule has 0 fully saturated rings. The fraction of sp³-hybridized carbons (Fsp3) is 0.625. The topological polar surface area (TPSA) is 83.2 Å². The lowest BCUT2D eigenvalue weighted by molar-refractivity contribution is 0.273. The summed E-state index contributed by atoms with van der Waals surface area (Å²) in [6.45, 7) is 4.93.